The summed E-state index contributed by atoms with van der Waals surface area (Å²) in [7, 11) is 1.34. The van der Waals surface area contributed by atoms with Crippen LogP contribution in [0.5, 0.6) is 0 Å². The van der Waals surface area contributed by atoms with Crippen LogP contribution >= 0.6 is 0 Å². The monoisotopic (exact) mass is 449 g/mol. The topological polar surface area (TPSA) is 73.3 Å². The van der Waals surface area contributed by atoms with E-state index in [1.165, 1.54) is 12.7 Å². The summed E-state index contributed by atoms with van der Waals surface area (Å²) in [5.41, 5.74) is 2.09. The van der Waals surface area contributed by atoms with Crippen molar-refractivity contribution in [3.05, 3.63) is 71.3 Å². The van der Waals surface area contributed by atoms with Gasteiger partial charge in [-0.25, -0.2) is 4.79 Å². The van der Waals surface area contributed by atoms with Crippen LogP contribution in [0.3, 0.4) is 0 Å². The second-order valence-electron chi connectivity index (χ2n) is 9.62. The largest absolute Gasteiger partial charge is 0.465 e. The average molecular weight is 450 g/mol. The van der Waals surface area contributed by atoms with E-state index in [0.29, 0.717) is 36.8 Å². The molecule has 3 saturated heterocycles. The molecule has 1 amide bonds. The van der Waals surface area contributed by atoms with Crippen molar-refractivity contribution in [2.45, 2.75) is 30.5 Å². The van der Waals surface area contributed by atoms with Crippen LogP contribution in [0.2, 0.25) is 0 Å². The van der Waals surface area contributed by atoms with Crippen molar-refractivity contribution < 1.29 is 19.4 Å². The van der Waals surface area contributed by atoms with E-state index < -0.39 is 5.97 Å². The van der Waals surface area contributed by atoms with Gasteiger partial charge in [-0.2, -0.15) is 0 Å². The number of amides is 1. The van der Waals surface area contributed by atoms with Gasteiger partial charge >= 0.3 is 5.97 Å². The number of aliphatic hydroxyl groups excluding tert-OH is 1. The molecule has 2 unspecified atom stereocenters. The minimum absolute atomic E-state index is 0.0657. The van der Waals surface area contributed by atoms with Gasteiger partial charge in [0, 0.05) is 50.9 Å². The highest BCUT2D eigenvalue weighted by molar-refractivity contribution is 5.98. The zero-order valence-electron chi connectivity index (χ0n) is 19.0. The number of β-amino-alcohol motifs (C(OH)–C–C–N with tert-alkyl or cyclic N) is 1. The van der Waals surface area contributed by atoms with E-state index in [2.05, 4.69) is 34.1 Å². The molecular weight excluding hydrogens is 418 g/mol. The number of esters is 1. The number of aliphatic hydroxyl groups is 1. The van der Waals surface area contributed by atoms with Gasteiger partial charge in [-0.3, -0.25) is 14.6 Å². The van der Waals surface area contributed by atoms with Crippen LogP contribution in [-0.4, -0.2) is 95.7 Å². The Morgan fingerprint density at radius 3 is 2.55 bits per heavy atom. The Bertz CT molecular complexity index is 1020. The molecule has 2 aromatic rings. The van der Waals surface area contributed by atoms with Crippen molar-refractivity contribution in [2.24, 2.45) is 0 Å². The Hall–Kier alpha value is -2.74. The van der Waals surface area contributed by atoms with Crippen molar-refractivity contribution in [1.29, 1.82) is 0 Å². The molecule has 174 valence electrons. The molecule has 0 aromatic heterocycles. The fraction of sp³-hybridized carbons (Fsp3) is 0.462. The van der Waals surface area contributed by atoms with Gasteiger partial charge in [-0.15, -0.1) is 0 Å². The third-order valence-electron chi connectivity index (χ3n) is 7.34. The molecule has 3 fully saturated rings. The highest BCUT2D eigenvalue weighted by Crippen LogP contribution is 2.39. The lowest BCUT2D eigenvalue weighted by atomic mass is 9.83. The van der Waals surface area contributed by atoms with Crippen LogP contribution in [0.4, 0.5) is 0 Å². The van der Waals surface area contributed by atoms with Crippen molar-refractivity contribution in [3.8, 4) is 0 Å². The number of hydrogen-bond donors (Lipinski definition) is 1. The third kappa shape index (κ3) is 4.28. The number of likely N-dealkylation sites (tertiary alicyclic amines) is 1. The van der Waals surface area contributed by atoms with Crippen molar-refractivity contribution >= 4 is 11.9 Å². The molecule has 0 bridgehead atoms. The predicted octanol–water partition coefficient (Wildman–Crippen LogP) is 1.66. The summed E-state index contributed by atoms with van der Waals surface area (Å²) in [5, 5.41) is 10.4. The van der Waals surface area contributed by atoms with Crippen LogP contribution in [0, 0.1) is 0 Å². The van der Waals surface area contributed by atoms with Crippen LogP contribution < -0.4 is 0 Å². The molecule has 2 atom stereocenters. The molecule has 5 rings (SSSR count). The second kappa shape index (κ2) is 8.89. The van der Waals surface area contributed by atoms with E-state index in [1.54, 1.807) is 24.3 Å². The highest BCUT2D eigenvalue weighted by atomic mass is 16.5. The van der Waals surface area contributed by atoms with Crippen LogP contribution in [-0.2, 0) is 11.2 Å². The summed E-state index contributed by atoms with van der Waals surface area (Å²) in [6.07, 6.45) is 1.48. The van der Waals surface area contributed by atoms with E-state index in [9.17, 15) is 14.7 Å². The minimum atomic E-state index is -0.444. The number of piperazine rings is 1. The van der Waals surface area contributed by atoms with E-state index in [1.807, 2.05) is 11.0 Å². The molecule has 3 aliphatic rings. The van der Waals surface area contributed by atoms with Crippen LogP contribution in [0.1, 0.15) is 32.7 Å². The first kappa shape index (κ1) is 22.1. The molecule has 3 heterocycles. The summed E-state index contributed by atoms with van der Waals surface area (Å²) >= 11 is 0. The summed E-state index contributed by atoms with van der Waals surface area (Å²) < 4.78 is 4.79. The number of ether oxygens (including phenoxy) is 1. The number of carbonyl (C=O) groups excluding carboxylic acids is 2. The third-order valence-corrected chi connectivity index (χ3v) is 7.34. The molecular formula is C26H31N3O4. The van der Waals surface area contributed by atoms with Gasteiger partial charge in [-0.05, 0) is 36.6 Å². The molecule has 2 aromatic carbocycles. The van der Waals surface area contributed by atoms with Crippen LogP contribution in [0.15, 0.2) is 54.6 Å². The number of methoxy groups -OCH3 is 1. The zero-order valence-corrected chi connectivity index (χ0v) is 19.0. The maximum Gasteiger partial charge on any atom is 0.337 e. The number of benzene rings is 2. The first-order valence-corrected chi connectivity index (χ1v) is 11.7. The molecule has 3 aliphatic heterocycles. The van der Waals surface area contributed by atoms with Gasteiger partial charge in [0.05, 0.1) is 24.3 Å². The fourth-order valence-corrected chi connectivity index (χ4v) is 5.79. The summed E-state index contributed by atoms with van der Waals surface area (Å²) in [6, 6.07) is 17.6. The van der Waals surface area contributed by atoms with Crippen LogP contribution in [0.25, 0.3) is 0 Å². The Morgan fingerprint density at radius 1 is 1.03 bits per heavy atom. The maximum atomic E-state index is 13.2. The lowest BCUT2D eigenvalue weighted by Crippen LogP contribution is -2.78. The second-order valence-corrected chi connectivity index (χ2v) is 9.62. The van der Waals surface area contributed by atoms with E-state index >= 15 is 0 Å². The molecule has 33 heavy (non-hydrogen) atoms. The number of carbonyl (C=O) groups is 2. The molecule has 1 spiro atoms. The number of rotatable bonds is 5. The summed E-state index contributed by atoms with van der Waals surface area (Å²) in [6.45, 7) is 4.78. The lowest BCUT2D eigenvalue weighted by Gasteiger charge is -2.61. The number of nitrogens with zero attached hydrogens (tertiary/aromatic N) is 3. The first-order valence-electron chi connectivity index (χ1n) is 11.7. The molecule has 1 N–H and O–H groups in total. The van der Waals surface area contributed by atoms with Gasteiger partial charge in [0.2, 0.25) is 0 Å². The average Bonchev–Trinajstić information content (AvgIpc) is 3.21. The van der Waals surface area contributed by atoms with Crippen molar-refractivity contribution in [3.63, 3.8) is 0 Å². The van der Waals surface area contributed by atoms with Gasteiger partial charge in [0.25, 0.3) is 5.91 Å². The fourth-order valence-electron chi connectivity index (χ4n) is 5.79. The Balaban J connectivity index is 1.28. The SMILES string of the molecule is COC(=O)c1cccc(C(=O)N2CC3(CN(CCc4ccccc4)CC4CC(O)CN43)C2)c1. The minimum Gasteiger partial charge on any atom is -0.465 e. The molecule has 7 nitrogen and oxygen atoms in total. The summed E-state index contributed by atoms with van der Waals surface area (Å²) in [5.74, 6) is -0.510. The molecule has 7 heteroatoms. The van der Waals surface area contributed by atoms with Gasteiger partial charge in [-0.1, -0.05) is 36.4 Å². The normalized spacial score (nSPS) is 24.4. The molecule has 0 radical (unpaired) electrons. The quantitative estimate of drug-likeness (QED) is 0.700. The smallest absolute Gasteiger partial charge is 0.337 e. The van der Waals surface area contributed by atoms with Crippen molar-refractivity contribution in [2.75, 3.05) is 46.4 Å². The van der Waals surface area contributed by atoms with E-state index in [-0.39, 0.29) is 17.6 Å². The Kier molecular flexibility index (Phi) is 5.95. The number of fused-ring (bicyclic) bond motifs is 2. The first-order chi connectivity index (χ1) is 16.0. The maximum absolute atomic E-state index is 13.2. The highest BCUT2D eigenvalue weighted by Gasteiger charge is 2.57. The Labute approximate surface area is 194 Å². The lowest BCUT2D eigenvalue weighted by molar-refractivity contribution is -0.0995. The van der Waals surface area contributed by atoms with Gasteiger partial charge < -0.3 is 14.7 Å². The standard InChI is InChI=1S/C26H31N3O4/c1-33-25(32)21-9-5-8-20(12-21)24(31)28-17-26(18-28)16-27(11-10-19-6-3-2-4-7-19)14-22-13-23(30)15-29(22)26/h2-9,12,22-23,30H,10-11,13-18H2,1H3. The van der Waals surface area contributed by atoms with Gasteiger partial charge in [0.1, 0.15) is 0 Å². The van der Waals surface area contributed by atoms with Crippen molar-refractivity contribution in [1.82, 2.24) is 14.7 Å². The van der Waals surface area contributed by atoms with E-state index in [0.717, 1.165) is 32.5 Å². The predicted molar refractivity (Wildman–Crippen MR) is 124 cm³/mol. The summed E-state index contributed by atoms with van der Waals surface area (Å²) in [4.78, 5) is 31.8. The number of hydrogen-bond acceptors (Lipinski definition) is 6. The van der Waals surface area contributed by atoms with Gasteiger partial charge in [0.15, 0.2) is 0 Å². The zero-order chi connectivity index (χ0) is 23.0. The Morgan fingerprint density at radius 2 is 1.79 bits per heavy atom. The molecule has 0 saturated carbocycles. The van der Waals surface area contributed by atoms with E-state index in [4.69, 9.17) is 4.74 Å². The molecule has 0 aliphatic carbocycles.